The second-order valence-electron chi connectivity index (χ2n) is 4.63. The standard InChI is InChI=1S/C13H14BrClN2O/c1-8-9-6-10(14)11(15)7-12(9)17(16-8)13-4-2-3-5-18-13/h6-7,13H,2-5H2,1H3. The first-order valence-electron chi connectivity index (χ1n) is 6.12. The van der Waals surface area contributed by atoms with E-state index < -0.39 is 0 Å². The highest BCUT2D eigenvalue weighted by Gasteiger charge is 2.20. The summed E-state index contributed by atoms with van der Waals surface area (Å²) in [4.78, 5) is 0. The summed E-state index contributed by atoms with van der Waals surface area (Å²) >= 11 is 9.63. The molecule has 1 atom stereocenters. The molecule has 1 unspecified atom stereocenters. The zero-order valence-electron chi connectivity index (χ0n) is 10.1. The molecule has 2 heterocycles. The fourth-order valence-corrected chi connectivity index (χ4v) is 2.92. The Hall–Kier alpha value is -0.580. The first-order valence-corrected chi connectivity index (χ1v) is 7.29. The summed E-state index contributed by atoms with van der Waals surface area (Å²) in [5, 5.41) is 6.44. The van der Waals surface area contributed by atoms with E-state index in [1.807, 2.05) is 23.7 Å². The molecular weight excluding hydrogens is 316 g/mol. The maximum absolute atomic E-state index is 6.18. The van der Waals surface area contributed by atoms with E-state index >= 15 is 0 Å². The summed E-state index contributed by atoms with van der Waals surface area (Å²) in [6.07, 6.45) is 3.40. The van der Waals surface area contributed by atoms with Crippen LogP contribution in [0.1, 0.15) is 31.2 Å². The highest BCUT2D eigenvalue weighted by Crippen LogP contribution is 2.33. The van der Waals surface area contributed by atoms with Gasteiger partial charge in [0.1, 0.15) is 0 Å². The minimum atomic E-state index is 0.0483. The molecule has 0 saturated carbocycles. The van der Waals surface area contributed by atoms with Crippen LogP contribution in [0.15, 0.2) is 16.6 Å². The Morgan fingerprint density at radius 2 is 2.28 bits per heavy atom. The van der Waals surface area contributed by atoms with E-state index in [0.717, 1.165) is 40.5 Å². The summed E-state index contributed by atoms with van der Waals surface area (Å²) in [6.45, 7) is 2.83. The Labute approximate surface area is 119 Å². The lowest BCUT2D eigenvalue weighted by molar-refractivity contribution is -0.0368. The number of benzene rings is 1. The molecule has 96 valence electrons. The van der Waals surface area contributed by atoms with Crippen LogP contribution in [0.3, 0.4) is 0 Å². The van der Waals surface area contributed by atoms with Gasteiger partial charge in [0.05, 0.1) is 16.2 Å². The van der Waals surface area contributed by atoms with Crippen molar-refractivity contribution in [3.05, 3.63) is 27.3 Å². The molecule has 1 aliphatic heterocycles. The number of aromatic nitrogens is 2. The highest BCUT2D eigenvalue weighted by atomic mass is 79.9. The Bertz CT molecular complexity index is 590. The number of rotatable bonds is 1. The molecule has 0 amide bonds. The SMILES string of the molecule is Cc1nn(C2CCCCO2)c2cc(Cl)c(Br)cc12. The van der Waals surface area contributed by atoms with E-state index in [-0.39, 0.29) is 6.23 Å². The van der Waals surface area contributed by atoms with E-state index in [1.165, 1.54) is 6.42 Å². The third-order valence-corrected chi connectivity index (χ3v) is 4.56. The van der Waals surface area contributed by atoms with Crippen molar-refractivity contribution in [3.63, 3.8) is 0 Å². The topological polar surface area (TPSA) is 27.1 Å². The molecule has 2 aromatic rings. The molecule has 5 heteroatoms. The Kier molecular flexibility index (Phi) is 3.34. The number of fused-ring (bicyclic) bond motifs is 1. The van der Waals surface area contributed by atoms with Crippen molar-refractivity contribution in [1.29, 1.82) is 0 Å². The van der Waals surface area contributed by atoms with Crippen LogP contribution in [0.4, 0.5) is 0 Å². The average Bonchev–Trinajstić information content (AvgIpc) is 2.69. The van der Waals surface area contributed by atoms with Gasteiger partial charge >= 0.3 is 0 Å². The van der Waals surface area contributed by atoms with Gasteiger partial charge in [-0.1, -0.05) is 11.6 Å². The molecule has 1 aromatic heterocycles. The zero-order valence-corrected chi connectivity index (χ0v) is 12.5. The van der Waals surface area contributed by atoms with Gasteiger partial charge < -0.3 is 4.74 Å². The van der Waals surface area contributed by atoms with Crippen molar-refractivity contribution in [2.24, 2.45) is 0 Å². The molecule has 0 bridgehead atoms. The monoisotopic (exact) mass is 328 g/mol. The Morgan fingerprint density at radius 3 is 3.00 bits per heavy atom. The summed E-state index contributed by atoms with van der Waals surface area (Å²) < 4.78 is 8.68. The molecule has 0 N–H and O–H groups in total. The van der Waals surface area contributed by atoms with E-state index in [0.29, 0.717) is 5.02 Å². The third-order valence-electron chi connectivity index (χ3n) is 3.36. The molecule has 1 aromatic carbocycles. The van der Waals surface area contributed by atoms with Crippen LogP contribution in [0.5, 0.6) is 0 Å². The van der Waals surface area contributed by atoms with Crippen molar-refractivity contribution in [2.45, 2.75) is 32.4 Å². The fourth-order valence-electron chi connectivity index (χ4n) is 2.42. The zero-order chi connectivity index (χ0) is 12.7. The molecular formula is C13H14BrClN2O. The minimum absolute atomic E-state index is 0.0483. The number of hydrogen-bond donors (Lipinski definition) is 0. The number of hydrogen-bond acceptors (Lipinski definition) is 2. The van der Waals surface area contributed by atoms with E-state index in [9.17, 15) is 0 Å². The van der Waals surface area contributed by atoms with Crippen LogP contribution < -0.4 is 0 Å². The van der Waals surface area contributed by atoms with Crippen molar-refractivity contribution >= 4 is 38.4 Å². The van der Waals surface area contributed by atoms with E-state index in [4.69, 9.17) is 16.3 Å². The first kappa shape index (κ1) is 12.5. The first-order chi connectivity index (χ1) is 8.66. The van der Waals surface area contributed by atoms with Gasteiger partial charge in [-0.15, -0.1) is 0 Å². The van der Waals surface area contributed by atoms with Gasteiger partial charge in [-0.25, -0.2) is 4.68 Å². The largest absolute Gasteiger partial charge is 0.356 e. The third kappa shape index (κ3) is 2.06. The molecule has 3 rings (SSSR count). The van der Waals surface area contributed by atoms with Crippen molar-refractivity contribution < 1.29 is 4.74 Å². The van der Waals surface area contributed by atoms with Crippen molar-refractivity contribution in [2.75, 3.05) is 6.61 Å². The van der Waals surface area contributed by atoms with Gasteiger partial charge in [-0.3, -0.25) is 0 Å². The Balaban J connectivity index is 2.14. The van der Waals surface area contributed by atoms with Crippen LogP contribution in [-0.2, 0) is 4.74 Å². The van der Waals surface area contributed by atoms with Crippen LogP contribution in [0.25, 0.3) is 10.9 Å². The van der Waals surface area contributed by atoms with Gasteiger partial charge in [0.2, 0.25) is 0 Å². The molecule has 0 aliphatic carbocycles. The lowest BCUT2D eigenvalue weighted by Gasteiger charge is -2.23. The summed E-state index contributed by atoms with van der Waals surface area (Å²) in [7, 11) is 0. The molecule has 0 radical (unpaired) electrons. The number of aryl methyl sites for hydroxylation is 1. The number of ether oxygens (including phenoxy) is 1. The lowest BCUT2D eigenvalue weighted by atomic mass is 10.2. The fraction of sp³-hybridized carbons (Fsp3) is 0.462. The van der Waals surface area contributed by atoms with Crippen LogP contribution >= 0.6 is 27.5 Å². The molecule has 18 heavy (non-hydrogen) atoms. The molecule has 1 saturated heterocycles. The molecule has 0 spiro atoms. The van der Waals surface area contributed by atoms with Crippen LogP contribution in [-0.4, -0.2) is 16.4 Å². The number of nitrogens with zero attached hydrogens (tertiary/aromatic N) is 2. The summed E-state index contributed by atoms with van der Waals surface area (Å²) in [5.41, 5.74) is 2.06. The highest BCUT2D eigenvalue weighted by molar-refractivity contribution is 9.10. The van der Waals surface area contributed by atoms with Gasteiger partial charge in [0.25, 0.3) is 0 Å². The second kappa shape index (κ2) is 4.83. The maximum atomic E-state index is 6.18. The molecule has 1 aliphatic rings. The predicted molar refractivity (Wildman–Crippen MR) is 76.0 cm³/mol. The average molecular weight is 330 g/mol. The molecule has 3 nitrogen and oxygen atoms in total. The van der Waals surface area contributed by atoms with Gasteiger partial charge in [-0.2, -0.15) is 5.10 Å². The van der Waals surface area contributed by atoms with Crippen LogP contribution in [0, 0.1) is 6.92 Å². The lowest BCUT2D eigenvalue weighted by Crippen LogP contribution is -2.19. The van der Waals surface area contributed by atoms with Gasteiger partial charge in [0.15, 0.2) is 6.23 Å². The number of halogens is 2. The van der Waals surface area contributed by atoms with Gasteiger partial charge in [-0.05, 0) is 54.2 Å². The maximum Gasteiger partial charge on any atom is 0.150 e. The van der Waals surface area contributed by atoms with Gasteiger partial charge in [0, 0.05) is 16.5 Å². The van der Waals surface area contributed by atoms with E-state index in [1.54, 1.807) is 0 Å². The van der Waals surface area contributed by atoms with Crippen molar-refractivity contribution in [3.8, 4) is 0 Å². The minimum Gasteiger partial charge on any atom is -0.356 e. The molecule has 1 fully saturated rings. The smallest absolute Gasteiger partial charge is 0.150 e. The van der Waals surface area contributed by atoms with Crippen LogP contribution in [0.2, 0.25) is 5.02 Å². The quantitative estimate of drug-likeness (QED) is 0.772. The second-order valence-corrected chi connectivity index (χ2v) is 5.90. The Morgan fingerprint density at radius 1 is 1.44 bits per heavy atom. The predicted octanol–water partition coefficient (Wildman–Crippen LogP) is 4.46. The normalized spacial score (nSPS) is 20.5. The van der Waals surface area contributed by atoms with Crippen molar-refractivity contribution in [1.82, 2.24) is 9.78 Å². The summed E-state index contributed by atoms with van der Waals surface area (Å²) in [6, 6.07) is 3.98. The van der Waals surface area contributed by atoms with E-state index in [2.05, 4.69) is 21.0 Å². The summed E-state index contributed by atoms with van der Waals surface area (Å²) in [5.74, 6) is 0.